The maximum atomic E-state index is 12.9. The van der Waals surface area contributed by atoms with Gasteiger partial charge in [0, 0.05) is 17.4 Å². The molecule has 33 heavy (non-hydrogen) atoms. The number of hydrogen-bond donors (Lipinski definition) is 1. The van der Waals surface area contributed by atoms with Gasteiger partial charge in [-0.05, 0) is 51.8 Å². The zero-order valence-electron chi connectivity index (χ0n) is 19.6. The lowest BCUT2D eigenvalue weighted by Crippen LogP contribution is -2.46. The zero-order chi connectivity index (χ0) is 24.0. The van der Waals surface area contributed by atoms with Crippen molar-refractivity contribution in [2.24, 2.45) is 0 Å². The molecule has 1 saturated heterocycles. The molecule has 0 aliphatic carbocycles. The van der Waals surface area contributed by atoms with Crippen molar-refractivity contribution in [1.29, 1.82) is 0 Å². The summed E-state index contributed by atoms with van der Waals surface area (Å²) in [7, 11) is 2.90. The van der Waals surface area contributed by atoms with E-state index in [0.717, 1.165) is 16.5 Å². The van der Waals surface area contributed by atoms with E-state index in [1.54, 1.807) is 27.9 Å². The zero-order valence-corrected chi connectivity index (χ0v) is 19.6. The van der Waals surface area contributed by atoms with E-state index in [9.17, 15) is 14.7 Å². The van der Waals surface area contributed by atoms with Crippen LogP contribution in [0.25, 0.3) is 10.9 Å². The molecule has 2 atom stereocenters. The standard InChI is InChI=1S/C24H30N2O7/c1-23(2,3)33-22(29)26-13-24(11-19(26)21(28)31-5)9-8-15-16-10-14(30-4)6-7-17(16)25-18(12-27)20(15)32-24/h6-7,10,19,27H,8-9,11-13H2,1-5H3/t19-,24+/m0/s1. The number of benzene rings is 1. The Hall–Kier alpha value is -3.07. The van der Waals surface area contributed by atoms with Crippen molar-refractivity contribution in [2.45, 2.75) is 63.9 Å². The van der Waals surface area contributed by atoms with E-state index < -0.39 is 29.3 Å². The number of aliphatic hydroxyl groups is 1. The molecule has 2 aliphatic heterocycles. The molecule has 178 valence electrons. The van der Waals surface area contributed by atoms with Gasteiger partial charge in [-0.25, -0.2) is 14.6 Å². The maximum Gasteiger partial charge on any atom is 0.411 e. The summed E-state index contributed by atoms with van der Waals surface area (Å²) in [6.07, 6.45) is 0.880. The number of amides is 1. The van der Waals surface area contributed by atoms with Gasteiger partial charge in [0.2, 0.25) is 0 Å². The summed E-state index contributed by atoms with van der Waals surface area (Å²) in [5.41, 5.74) is 0.568. The number of aryl methyl sites for hydroxylation is 1. The van der Waals surface area contributed by atoms with Crippen molar-refractivity contribution in [3.63, 3.8) is 0 Å². The number of aliphatic hydroxyl groups excluding tert-OH is 1. The smallest absolute Gasteiger partial charge is 0.411 e. The number of rotatable bonds is 3. The lowest BCUT2D eigenvalue weighted by Gasteiger charge is -2.36. The SMILES string of the molecule is COC(=O)[C@@H]1C[C@]2(CCc3c(c(CO)nc4ccc(OC)cc34)O2)CN1C(=O)OC(C)(C)C. The van der Waals surface area contributed by atoms with Gasteiger partial charge in [0.15, 0.2) is 0 Å². The Morgan fingerprint density at radius 2 is 2.06 bits per heavy atom. The van der Waals surface area contributed by atoms with E-state index in [-0.39, 0.29) is 19.6 Å². The largest absolute Gasteiger partial charge is 0.497 e. The summed E-state index contributed by atoms with van der Waals surface area (Å²) < 4.78 is 22.4. The third-order valence-electron chi connectivity index (χ3n) is 6.12. The Labute approximate surface area is 192 Å². The van der Waals surface area contributed by atoms with Crippen LogP contribution >= 0.6 is 0 Å². The highest BCUT2D eigenvalue weighted by Gasteiger charge is 2.53. The second-order valence-corrected chi connectivity index (χ2v) is 9.54. The van der Waals surface area contributed by atoms with Crippen LogP contribution in [0.2, 0.25) is 0 Å². The predicted octanol–water partition coefficient (Wildman–Crippen LogP) is 2.98. The van der Waals surface area contributed by atoms with Crippen molar-refractivity contribution >= 4 is 23.0 Å². The van der Waals surface area contributed by atoms with Gasteiger partial charge < -0.3 is 24.1 Å². The number of carbonyl (C=O) groups is 2. The van der Waals surface area contributed by atoms with Gasteiger partial charge in [-0.15, -0.1) is 0 Å². The normalized spacial score (nSPS) is 22.1. The highest BCUT2D eigenvalue weighted by molar-refractivity contribution is 5.87. The molecule has 1 N–H and O–H groups in total. The van der Waals surface area contributed by atoms with Crippen LogP contribution in [0.3, 0.4) is 0 Å². The van der Waals surface area contributed by atoms with Crippen molar-refractivity contribution in [1.82, 2.24) is 9.88 Å². The Kier molecular flexibility index (Phi) is 5.86. The number of likely N-dealkylation sites (tertiary alicyclic amines) is 1. The fourth-order valence-corrected chi connectivity index (χ4v) is 4.63. The van der Waals surface area contributed by atoms with Crippen molar-refractivity contribution < 1.29 is 33.6 Å². The monoisotopic (exact) mass is 458 g/mol. The molecule has 1 spiro atoms. The number of nitrogens with zero attached hydrogens (tertiary/aromatic N) is 2. The van der Waals surface area contributed by atoms with E-state index in [2.05, 4.69) is 4.98 Å². The maximum absolute atomic E-state index is 12.9. The van der Waals surface area contributed by atoms with Gasteiger partial charge in [0.05, 0.1) is 32.9 Å². The third kappa shape index (κ3) is 4.29. The van der Waals surface area contributed by atoms with Gasteiger partial charge in [-0.1, -0.05) is 0 Å². The topological polar surface area (TPSA) is 107 Å². The number of carbonyl (C=O) groups excluding carboxylic acids is 2. The van der Waals surface area contributed by atoms with Crippen LogP contribution < -0.4 is 9.47 Å². The Morgan fingerprint density at radius 1 is 1.30 bits per heavy atom. The molecule has 1 aromatic heterocycles. The lowest BCUT2D eigenvalue weighted by molar-refractivity contribution is -0.145. The number of aromatic nitrogens is 1. The first kappa shape index (κ1) is 23.1. The molecule has 1 fully saturated rings. The van der Waals surface area contributed by atoms with Crippen LogP contribution in [0.5, 0.6) is 11.5 Å². The van der Waals surface area contributed by atoms with Gasteiger partial charge in [0.25, 0.3) is 0 Å². The number of ether oxygens (including phenoxy) is 4. The molecule has 3 heterocycles. The molecule has 0 unspecified atom stereocenters. The van der Waals surface area contributed by atoms with E-state index >= 15 is 0 Å². The van der Waals surface area contributed by atoms with Gasteiger partial charge >= 0.3 is 12.1 Å². The molecule has 0 bridgehead atoms. The summed E-state index contributed by atoms with van der Waals surface area (Å²) in [6.45, 7) is 5.19. The van der Waals surface area contributed by atoms with E-state index in [0.29, 0.717) is 30.0 Å². The van der Waals surface area contributed by atoms with Crippen molar-refractivity contribution in [3.8, 4) is 11.5 Å². The number of esters is 1. The highest BCUT2D eigenvalue weighted by Crippen LogP contribution is 2.45. The Bertz CT molecular complexity index is 1090. The van der Waals surface area contributed by atoms with Crippen molar-refractivity contribution in [3.05, 3.63) is 29.5 Å². The Morgan fingerprint density at radius 3 is 2.70 bits per heavy atom. The average Bonchev–Trinajstić information content (AvgIpc) is 3.15. The number of fused-ring (bicyclic) bond motifs is 3. The van der Waals surface area contributed by atoms with Crippen LogP contribution in [0.15, 0.2) is 18.2 Å². The van der Waals surface area contributed by atoms with Gasteiger partial charge in [0.1, 0.15) is 34.4 Å². The van der Waals surface area contributed by atoms with Crippen LogP contribution in [-0.2, 0) is 27.3 Å². The summed E-state index contributed by atoms with van der Waals surface area (Å²) in [5, 5.41) is 10.9. The number of methoxy groups -OCH3 is 2. The predicted molar refractivity (Wildman–Crippen MR) is 119 cm³/mol. The van der Waals surface area contributed by atoms with E-state index in [4.69, 9.17) is 18.9 Å². The second-order valence-electron chi connectivity index (χ2n) is 9.54. The van der Waals surface area contributed by atoms with Crippen LogP contribution in [0.1, 0.15) is 44.9 Å². The van der Waals surface area contributed by atoms with Crippen LogP contribution in [0.4, 0.5) is 4.79 Å². The molecule has 9 nitrogen and oxygen atoms in total. The molecular weight excluding hydrogens is 428 g/mol. The molecule has 2 aliphatic rings. The first-order chi connectivity index (χ1) is 15.6. The van der Waals surface area contributed by atoms with Crippen LogP contribution in [-0.4, -0.2) is 65.1 Å². The fraction of sp³-hybridized carbons (Fsp3) is 0.542. The third-order valence-corrected chi connectivity index (χ3v) is 6.12. The number of hydrogen-bond acceptors (Lipinski definition) is 8. The summed E-state index contributed by atoms with van der Waals surface area (Å²) in [5.74, 6) is 0.682. The van der Waals surface area contributed by atoms with Crippen LogP contribution in [0, 0.1) is 0 Å². The second kappa shape index (κ2) is 8.37. The average molecular weight is 459 g/mol. The quantitative estimate of drug-likeness (QED) is 0.700. The molecule has 2 aromatic rings. The summed E-state index contributed by atoms with van der Waals surface area (Å²) in [4.78, 5) is 31.4. The van der Waals surface area contributed by atoms with Crippen molar-refractivity contribution in [2.75, 3.05) is 20.8 Å². The van der Waals surface area contributed by atoms with Gasteiger partial charge in [-0.2, -0.15) is 0 Å². The van der Waals surface area contributed by atoms with E-state index in [1.807, 2.05) is 18.2 Å². The molecule has 4 rings (SSSR count). The first-order valence-electron chi connectivity index (χ1n) is 11.0. The molecular formula is C24H30N2O7. The van der Waals surface area contributed by atoms with Gasteiger partial charge in [-0.3, -0.25) is 4.90 Å². The first-order valence-corrected chi connectivity index (χ1v) is 11.0. The molecule has 1 amide bonds. The number of pyridine rings is 1. The minimum absolute atomic E-state index is 0.169. The molecule has 0 saturated carbocycles. The lowest BCUT2D eigenvalue weighted by atomic mass is 9.87. The summed E-state index contributed by atoms with van der Waals surface area (Å²) >= 11 is 0. The summed E-state index contributed by atoms with van der Waals surface area (Å²) in [6, 6.07) is 4.76. The van der Waals surface area contributed by atoms with E-state index in [1.165, 1.54) is 12.0 Å². The highest BCUT2D eigenvalue weighted by atomic mass is 16.6. The minimum atomic E-state index is -0.822. The minimum Gasteiger partial charge on any atom is -0.497 e. The fourth-order valence-electron chi connectivity index (χ4n) is 4.63. The molecule has 9 heteroatoms. The molecule has 1 aromatic carbocycles. The molecule has 0 radical (unpaired) electrons. The Balaban J connectivity index is 1.72.